The van der Waals surface area contributed by atoms with Crippen LogP contribution < -0.4 is 0 Å². The number of rotatable bonds is 3. The smallest absolute Gasteiger partial charge is 0.303 e. The Morgan fingerprint density at radius 1 is 1.28 bits per heavy atom. The van der Waals surface area contributed by atoms with Gasteiger partial charge in [-0.15, -0.1) is 0 Å². The molecule has 1 aromatic rings. The highest BCUT2D eigenvalue weighted by molar-refractivity contribution is 5.67. The number of benzene rings is 1. The zero-order valence-electron chi connectivity index (χ0n) is 16.1. The summed E-state index contributed by atoms with van der Waals surface area (Å²) in [4.78, 5) is 23.7. The second kappa shape index (κ2) is 6.26. The van der Waals surface area contributed by atoms with E-state index < -0.39 is 0 Å². The maximum atomic E-state index is 12.0. The highest BCUT2D eigenvalue weighted by Crippen LogP contribution is 2.59. The van der Waals surface area contributed by atoms with Gasteiger partial charge in [-0.05, 0) is 53.2 Å². The summed E-state index contributed by atoms with van der Waals surface area (Å²) >= 11 is 0. The topological polar surface area (TPSA) is 43.4 Å². The van der Waals surface area contributed by atoms with Crippen LogP contribution in [0.4, 0.5) is 0 Å². The fourth-order valence-electron chi connectivity index (χ4n) is 5.29. The van der Waals surface area contributed by atoms with Gasteiger partial charge in [0.15, 0.2) is 0 Å². The van der Waals surface area contributed by atoms with Gasteiger partial charge in [0.1, 0.15) is 12.4 Å². The first-order valence-electron chi connectivity index (χ1n) is 9.49. The number of fused-ring (bicyclic) bond motifs is 3. The van der Waals surface area contributed by atoms with Crippen LogP contribution in [0.15, 0.2) is 18.2 Å². The van der Waals surface area contributed by atoms with E-state index in [1.54, 1.807) is 0 Å². The number of ether oxygens (including phenoxy) is 1. The summed E-state index contributed by atoms with van der Waals surface area (Å²) in [5.41, 5.74) is 3.31. The molecule has 3 rings (SSSR count). The lowest BCUT2D eigenvalue weighted by Crippen LogP contribution is -2.51. The predicted molar refractivity (Wildman–Crippen MR) is 98.5 cm³/mol. The summed E-state index contributed by atoms with van der Waals surface area (Å²) < 4.78 is 5.73. The maximum Gasteiger partial charge on any atom is 0.303 e. The summed E-state index contributed by atoms with van der Waals surface area (Å²) in [7, 11) is 0. The van der Waals surface area contributed by atoms with E-state index in [4.69, 9.17) is 4.74 Å². The fraction of sp³-hybridized carbons (Fsp3) is 0.636. The molecule has 3 nitrogen and oxygen atoms in total. The molecule has 1 fully saturated rings. The fourth-order valence-corrected chi connectivity index (χ4v) is 5.29. The molecule has 2 aliphatic carbocycles. The average Bonchev–Trinajstić information content (AvgIpc) is 2.56. The molecule has 0 aliphatic heterocycles. The molecule has 1 aromatic carbocycles. The van der Waals surface area contributed by atoms with Gasteiger partial charge < -0.3 is 9.53 Å². The van der Waals surface area contributed by atoms with Crippen molar-refractivity contribution in [3.8, 4) is 0 Å². The van der Waals surface area contributed by atoms with Crippen molar-refractivity contribution in [2.24, 2.45) is 11.3 Å². The van der Waals surface area contributed by atoms with E-state index in [9.17, 15) is 9.59 Å². The summed E-state index contributed by atoms with van der Waals surface area (Å²) in [6, 6.07) is 6.65. The lowest BCUT2D eigenvalue weighted by molar-refractivity contribution is -0.151. The first kappa shape index (κ1) is 18.2. The van der Waals surface area contributed by atoms with Crippen LogP contribution >= 0.6 is 0 Å². The normalized spacial score (nSPS) is 34.2. The predicted octanol–water partition coefficient (Wildman–Crippen LogP) is 5.08. The van der Waals surface area contributed by atoms with Crippen molar-refractivity contribution in [3.63, 3.8) is 0 Å². The Hall–Kier alpha value is -1.64. The molecule has 0 aromatic heterocycles. The van der Waals surface area contributed by atoms with E-state index in [2.05, 4.69) is 45.9 Å². The van der Waals surface area contributed by atoms with E-state index in [1.807, 2.05) is 0 Å². The Bertz CT molecular complexity index is 693. The molecule has 0 spiro atoms. The molecule has 0 N–H and O–H groups in total. The van der Waals surface area contributed by atoms with Crippen molar-refractivity contribution >= 4 is 12.3 Å². The van der Waals surface area contributed by atoms with Crippen LogP contribution in [0.2, 0.25) is 0 Å². The van der Waals surface area contributed by atoms with Gasteiger partial charge in [0, 0.05) is 12.3 Å². The van der Waals surface area contributed by atoms with E-state index in [0.29, 0.717) is 5.92 Å². The zero-order chi connectivity index (χ0) is 18.4. The van der Waals surface area contributed by atoms with Crippen molar-refractivity contribution in [2.75, 3.05) is 0 Å². The van der Waals surface area contributed by atoms with Crippen LogP contribution in [-0.2, 0) is 19.7 Å². The third kappa shape index (κ3) is 2.92. The Kier molecular flexibility index (Phi) is 4.55. The molecule has 0 saturated heterocycles. The standard InChI is InChI=1S/C22H30O3/c1-14(2)16-7-8-18-17(11-16)19(25-15(3)24)12-20-21(4,13-23)9-6-10-22(18,20)5/h7-8,11,13-14,19-20H,6,9-10,12H2,1-5H3/t19-,20?,21+,22-/m1/s1. The Morgan fingerprint density at radius 3 is 2.60 bits per heavy atom. The number of carbonyl (C=O) groups excluding carboxylic acids is 2. The number of carbonyl (C=O) groups is 2. The highest BCUT2D eigenvalue weighted by Gasteiger charge is 2.54. The second-order valence-corrected chi connectivity index (χ2v) is 8.78. The summed E-state index contributed by atoms with van der Waals surface area (Å²) in [6.45, 7) is 10.2. The average molecular weight is 342 g/mol. The van der Waals surface area contributed by atoms with Crippen molar-refractivity contribution in [2.45, 2.75) is 77.7 Å². The monoisotopic (exact) mass is 342 g/mol. The van der Waals surface area contributed by atoms with Crippen molar-refractivity contribution < 1.29 is 14.3 Å². The molecule has 25 heavy (non-hydrogen) atoms. The van der Waals surface area contributed by atoms with Gasteiger partial charge in [-0.3, -0.25) is 4.79 Å². The van der Waals surface area contributed by atoms with Crippen LogP contribution in [0.25, 0.3) is 0 Å². The van der Waals surface area contributed by atoms with Crippen molar-refractivity contribution in [3.05, 3.63) is 34.9 Å². The van der Waals surface area contributed by atoms with Gasteiger partial charge in [-0.25, -0.2) is 0 Å². The van der Waals surface area contributed by atoms with Crippen LogP contribution in [0.5, 0.6) is 0 Å². The third-order valence-electron chi connectivity index (χ3n) is 6.71. The molecule has 2 aliphatic rings. The quantitative estimate of drug-likeness (QED) is 0.568. The van der Waals surface area contributed by atoms with E-state index in [1.165, 1.54) is 18.1 Å². The van der Waals surface area contributed by atoms with Gasteiger partial charge in [0.25, 0.3) is 0 Å². The molecule has 136 valence electrons. The molecular weight excluding hydrogens is 312 g/mol. The summed E-state index contributed by atoms with van der Waals surface area (Å²) in [6.07, 6.45) is 4.70. The van der Waals surface area contributed by atoms with Gasteiger partial charge >= 0.3 is 5.97 Å². The summed E-state index contributed by atoms with van der Waals surface area (Å²) in [5, 5.41) is 0. The van der Waals surface area contributed by atoms with E-state index in [0.717, 1.165) is 37.5 Å². The van der Waals surface area contributed by atoms with Crippen molar-refractivity contribution in [1.29, 1.82) is 0 Å². The number of hydrogen-bond acceptors (Lipinski definition) is 3. The Labute approximate surface area is 151 Å². The molecule has 4 atom stereocenters. The van der Waals surface area contributed by atoms with Crippen LogP contribution in [0.1, 0.15) is 89.0 Å². The molecular formula is C22H30O3. The molecule has 0 heterocycles. The van der Waals surface area contributed by atoms with Crippen molar-refractivity contribution in [1.82, 2.24) is 0 Å². The van der Waals surface area contributed by atoms with Crippen LogP contribution in [0, 0.1) is 11.3 Å². The van der Waals surface area contributed by atoms with E-state index in [-0.39, 0.29) is 28.8 Å². The largest absolute Gasteiger partial charge is 0.458 e. The summed E-state index contributed by atoms with van der Waals surface area (Å²) in [5.74, 6) is 0.381. The van der Waals surface area contributed by atoms with Gasteiger partial charge in [-0.1, -0.05) is 52.3 Å². The van der Waals surface area contributed by atoms with Gasteiger partial charge in [-0.2, -0.15) is 0 Å². The second-order valence-electron chi connectivity index (χ2n) is 8.78. The molecule has 0 amide bonds. The molecule has 0 bridgehead atoms. The zero-order valence-corrected chi connectivity index (χ0v) is 16.1. The number of hydrogen-bond donors (Lipinski definition) is 0. The Balaban J connectivity index is 2.16. The molecule has 1 unspecified atom stereocenters. The van der Waals surface area contributed by atoms with Gasteiger partial charge in [0.2, 0.25) is 0 Å². The lowest BCUT2D eigenvalue weighted by Gasteiger charge is -2.54. The maximum absolute atomic E-state index is 12.0. The first-order valence-corrected chi connectivity index (χ1v) is 9.49. The number of esters is 1. The van der Waals surface area contributed by atoms with Gasteiger partial charge in [0.05, 0.1) is 0 Å². The third-order valence-corrected chi connectivity index (χ3v) is 6.71. The van der Waals surface area contributed by atoms with Crippen LogP contribution in [-0.4, -0.2) is 12.3 Å². The first-order chi connectivity index (χ1) is 11.7. The minimum Gasteiger partial charge on any atom is -0.458 e. The highest BCUT2D eigenvalue weighted by atomic mass is 16.5. The minimum atomic E-state index is -0.347. The van der Waals surface area contributed by atoms with E-state index >= 15 is 0 Å². The molecule has 0 radical (unpaired) electrons. The molecule has 1 saturated carbocycles. The Morgan fingerprint density at radius 2 is 2.00 bits per heavy atom. The van der Waals surface area contributed by atoms with Crippen LogP contribution in [0.3, 0.4) is 0 Å². The number of aldehydes is 1. The lowest BCUT2D eigenvalue weighted by atomic mass is 9.49. The SMILES string of the molecule is CC(=O)O[C@@H]1CC2[C@](C)(C=O)CCC[C@]2(C)c2ccc(C(C)C)cc21. The minimum absolute atomic E-state index is 0.0323. The molecule has 3 heteroatoms.